The van der Waals surface area contributed by atoms with E-state index in [1.807, 2.05) is 0 Å². The first-order chi connectivity index (χ1) is 8.49. The molecule has 0 aromatic rings. The lowest BCUT2D eigenvalue weighted by molar-refractivity contribution is -0.140. The Kier molecular flexibility index (Phi) is 2.47. The zero-order valence-corrected chi connectivity index (χ0v) is 10.7. The van der Waals surface area contributed by atoms with Crippen LogP contribution in [0.2, 0.25) is 0 Å². The van der Waals surface area contributed by atoms with Crippen LogP contribution in [0.15, 0.2) is 23.8 Å². The lowest BCUT2D eigenvalue weighted by atomic mass is 9.71. The molecule has 0 bridgehead atoms. The summed E-state index contributed by atoms with van der Waals surface area (Å²) in [4.78, 5) is 23.7. The van der Waals surface area contributed by atoms with Crippen LogP contribution in [0.3, 0.4) is 0 Å². The number of rotatable bonds is 0. The van der Waals surface area contributed by atoms with Crippen LogP contribution in [0.5, 0.6) is 0 Å². The van der Waals surface area contributed by atoms with Gasteiger partial charge in [-0.1, -0.05) is 25.2 Å². The van der Waals surface area contributed by atoms with Gasteiger partial charge in [0.25, 0.3) is 0 Å². The van der Waals surface area contributed by atoms with E-state index in [0.717, 1.165) is 19.3 Å². The standard InChI is InChI=1S/C15H18O3/c1-9-12-7-11(16)6-10-4-3-5-15(10,2)8-13(12)18-14(9)17/h4,12-13H,1,3,5-8H2,2H3/t12-,13-,15-/m1/s1. The number of hydrogen-bond donors (Lipinski definition) is 0. The molecule has 3 heteroatoms. The Morgan fingerprint density at radius 1 is 1.44 bits per heavy atom. The molecule has 2 aliphatic carbocycles. The van der Waals surface area contributed by atoms with Crippen molar-refractivity contribution in [3.05, 3.63) is 23.8 Å². The molecule has 0 unspecified atom stereocenters. The maximum absolute atomic E-state index is 12.1. The summed E-state index contributed by atoms with van der Waals surface area (Å²) in [5.41, 5.74) is 1.77. The quantitative estimate of drug-likeness (QED) is 0.375. The Morgan fingerprint density at radius 3 is 3.00 bits per heavy atom. The number of esters is 1. The van der Waals surface area contributed by atoms with Gasteiger partial charge in [0.1, 0.15) is 11.9 Å². The van der Waals surface area contributed by atoms with Gasteiger partial charge in [-0.15, -0.1) is 0 Å². The molecule has 96 valence electrons. The van der Waals surface area contributed by atoms with E-state index in [9.17, 15) is 9.59 Å². The molecule has 3 atom stereocenters. The molecular formula is C15H18O3. The van der Waals surface area contributed by atoms with Crippen molar-refractivity contribution in [3.8, 4) is 0 Å². The van der Waals surface area contributed by atoms with Crippen LogP contribution in [-0.2, 0) is 14.3 Å². The van der Waals surface area contributed by atoms with Crippen LogP contribution in [0.1, 0.15) is 39.0 Å². The summed E-state index contributed by atoms with van der Waals surface area (Å²) in [5, 5.41) is 0. The third-order valence-corrected chi connectivity index (χ3v) is 4.77. The topological polar surface area (TPSA) is 43.4 Å². The highest BCUT2D eigenvalue weighted by Gasteiger charge is 2.47. The van der Waals surface area contributed by atoms with Gasteiger partial charge in [-0.2, -0.15) is 0 Å². The molecule has 0 spiro atoms. The Labute approximate surface area is 107 Å². The predicted molar refractivity (Wildman–Crippen MR) is 66.8 cm³/mol. The van der Waals surface area contributed by atoms with Gasteiger partial charge >= 0.3 is 5.97 Å². The fourth-order valence-electron chi connectivity index (χ4n) is 3.57. The van der Waals surface area contributed by atoms with E-state index in [1.165, 1.54) is 5.57 Å². The highest BCUT2D eigenvalue weighted by atomic mass is 16.6. The van der Waals surface area contributed by atoms with E-state index in [1.54, 1.807) is 0 Å². The number of Topliss-reactive ketones (excluding diaryl/α,β-unsaturated/α-hetero) is 1. The third kappa shape index (κ3) is 1.64. The van der Waals surface area contributed by atoms with Gasteiger partial charge in [-0.05, 0) is 24.7 Å². The SMILES string of the molecule is C=C1C(=O)O[C@@H]2C[C@@]3(C)CCC=C3CC(=O)C[C@H]12. The van der Waals surface area contributed by atoms with Gasteiger partial charge in [-0.25, -0.2) is 4.79 Å². The van der Waals surface area contributed by atoms with Crippen LogP contribution in [0.25, 0.3) is 0 Å². The third-order valence-electron chi connectivity index (χ3n) is 4.77. The van der Waals surface area contributed by atoms with Crippen molar-refractivity contribution >= 4 is 11.8 Å². The Morgan fingerprint density at radius 2 is 2.22 bits per heavy atom. The van der Waals surface area contributed by atoms with Crippen molar-refractivity contribution < 1.29 is 14.3 Å². The summed E-state index contributed by atoms with van der Waals surface area (Å²) in [5.74, 6) is -0.195. The molecule has 1 saturated carbocycles. The van der Waals surface area contributed by atoms with Crippen molar-refractivity contribution in [1.29, 1.82) is 0 Å². The monoisotopic (exact) mass is 246 g/mol. The molecule has 0 aromatic heterocycles. The van der Waals surface area contributed by atoms with E-state index >= 15 is 0 Å². The zero-order valence-electron chi connectivity index (χ0n) is 10.7. The van der Waals surface area contributed by atoms with Crippen molar-refractivity contribution in [2.24, 2.45) is 11.3 Å². The molecule has 2 fully saturated rings. The average Bonchev–Trinajstić information content (AvgIpc) is 2.74. The van der Waals surface area contributed by atoms with Gasteiger partial charge in [-0.3, -0.25) is 4.79 Å². The largest absolute Gasteiger partial charge is 0.458 e. The normalized spacial score (nSPS) is 39.6. The minimum atomic E-state index is -0.313. The molecule has 0 aromatic carbocycles. The van der Waals surface area contributed by atoms with Crippen molar-refractivity contribution in [2.45, 2.75) is 45.1 Å². The molecular weight excluding hydrogens is 228 g/mol. The smallest absolute Gasteiger partial charge is 0.334 e. The maximum atomic E-state index is 12.1. The minimum absolute atomic E-state index is 0.0316. The van der Waals surface area contributed by atoms with E-state index in [0.29, 0.717) is 18.4 Å². The molecule has 1 saturated heterocycles. The second kappa shape index (κ2) is 3.81. The Hall–Kier alpha value is -1.38. The summed E-state index contributed by atoms with van der Waals surface area (Å²) >= 11 is 0. The van der Waals surface area contributed by atoms with Gasteiger partial charge in [0, 0.05) is 24.3 Å². The highest BCUT2D eigenvalue weighted by Crippen LogP contribution is 2.49. The van der Waals surface area contributed by atoms with Crippen molar-refractivity contribution in [1.82, 2.24) is 0 Å². The average molecular weight is 246 g/mol. The number of ether oxygens (including phenoxy) is 1. The molecule has 3 aliphatic rings. The summed E-state index contributed by atoms with van der Waals surface area (Å²) in [6, 6.07) is 0. The summed E-state index contributed by atoms with van der Waals surface area (Å²) in [6.07, 6.45) is 5.92. The first-order valence-corrected chi connectivity index (χ1v) is 6.60. The lowest BCUT2D eigenvalue weighted by Gasteiger charge is -2.34. The van der Waals surface area contributed by atoms with Gasteiger partial charge < -0.3 is 4.74 Å². The van der Waals surface area contributed by atoms with E-state index < -0.39 is 0 Å². The van der Waals surface area contributed by atoms with Gasteiger partial charge in [0.15, 0.2) is 0 Å². The number of allylic oxidation sites excluding steroid dienone is 2. The van der Waals surface area contributed by atoms with Crippen molar-refractivity contribution in [3.63, 3.8) is 0 Å². The molecule has 0 radical (unpaired) electrons. The number of carbonyl (C=O) groups excluding carboxylic acids is 2. The summed E-state index contributed by atoms with van der Waals surface area (Å²) in [7, 11) is 0. The zero-order chi connectivity index (χ0) is 12.9. The molecule has 0 N–H and O–H groups in total. The van der Waals surface area contributed by atoms with Crippen LogP contribution in [-0.4, -0.2) is 17.9 Å². The Bertz CT molecular complexity index is 474. The maximum Gasteiger partial charge on any atom is 0.334 e. The van der Waals surface area contributed by atoms with Crippen LogP contribution < -0.4 is 0 Å². The lowest BCUT2D eigenvalue weighted by Crippen LogP contribution is -2.32. The predicted octanol–water partition coefficient (Wildman–Crippen LogP) is 2.56. The molecule has 3 rings (SSSR count). The summed E-state index contributed by atoms with van der Waals surface area (Å²) in [6.45, 7) is 5.98. The highest BCUT2D eigenvalue weighted by molar-refractivity contribution is 5.93. The molecule has 1 aliphatic heterocycles. The van der Waals surface area contributed by atoms with E-state index in [2.05, 4.69) is 19.6 Å². The van der Waals surface area contributed by atoms with Crippen LogP contribution in [0, 0.1) is 11.3 Å². The molecule has 18 heavy (non-hydrogen) atoms. The van der Waals surface area contributed by atoms with Crippen LogP contribution >= 0.6 is 0 Å². The fraction of sp³-hybridized carbons (Fsp3) is 0.600. The number of carbonyl (C=O) groups is 2. The fourth-order valence-corrected chi connectivity index (χ4v) is 3.57. The summed E-state index contributed by atoms with van der Waals surface area (Å²) < 4.78 is 5.42. The second-order valence-corrected chi connectivity index (χ2v) is 6.03. The molecule has 1 heterocycles. The number of hydrogen-bond acceptors (Lipinski definition) is 3. The number of ketones is 1. The minimum Gasteiger partial charge on any atom is -0.458 e. The van der Waals surface area contributed by atoms with Gasteiger partial charge in [0.05, 0.1) is 0 Å². The molecule has 0 amide bonds. The van der Waals surface area contributed by atoms with Crippen molar-refractivity contribution in [2.75, 3.05) is 0 Å². The Balaban J connectivity index is 1.95. The second-order valence-electron chi connectivity index (χ2n) is 6.03. The first-order valence-electron chi connectivity index (χ1n) is 6.60. The van der Waals surface area contributed by atoms with E-state index in [-0.39, 0.29) is 29.2 Å². The van der Waals surface area contributed by atoms with Gasteiger partial charge in [0.2, 0.25) is 0 Å². The molecule has 3 nitrogen and oxygen atoms in total. The first kappa shape index (κ1) is 11.7. The van der Waals surface area contributed by atoms with E-state index in [4.69, 9.17) is 4.74 Å². The number of fused-ring (bicyclic) bond motifs is 2. The van der Waals surface area contributed by atoms with Crippen LogP contribution in [0.4, 0.5) is 0 Å².